The Morgan fingerprint density at radius 1 is 0.839 bits per heavy atom. The third-order valence-electron chi connectivity index (χ3n) is 4.25. The van der Waals surface area contributed by atoms with E-state index < -0.39 is 10.0 Å². The van der Waals surface area contributed by atoms with Gasteiger partial charge in [0.05, 0.1) is 40.5 Å². The molecule has 162 valence electrons. The second-order valence-electron chi connectivity index (χ2n) is 6.25. The molecule has 10 heteroatoms. The quantitative estimate of drug-likeness (QED) is 0.492. The van der Waals surface area contributed by atoms with Crippen LogP contribution in [0.4, 0.5) is 11.4 Å². The summed E-state index contributed by atoms with van der Waals surface area (Å²) in [5, 5.41) is 3.07. The van der Waals surface area contributed by atoms with Gasteiger partial charge in [-0.25, -0.2) is 8.42 Å². The van der Waals surface area contributed by atoms with E-state index in [1.165, 1.54) is 44.6 Å². The number of nitrogens with one attached hydrogen (secondary N) is 2. The lowest BCUT2D eigenvalue weighted by molar-refractivity contribution is 0.102. The van der Waals surface area contributed by atoms with Crippen LogP contribution in [0.3, 0.4) is 0 Å². The minimum absolute atomic E-state index is 0.0793. The third-order valence-corrected chi connectivity index (χ3v) is 6.35. The van der Waals surface area contributed by atoms with Gasteiger partial charge in [-0.1, -0.05) is 41.4 Å². The molecule has 0 bridgehead atoms. The Bertz CT molecular complexity index is 1220. The normalized spacial score (nSPS) is 11.0. The smallest absolute Gasteiger partial charge is 0.262 e. The van der Waals surface area contributed by atoms with Crippen LogP contribution in [-0.2, 0) is 10.0 Å². The standard InChI is InChI=1S/C21H18Cl2N2O5S/c1-29-19-12-18(25-31(27,28)14-8-9-15(22)16(23)10-14)20(30-2)11-17(19)24-21(26)13-6-4-3-5-7-13/h3-12,25H,1-2H3,(H,24,26). The second-order valence-corrected chi connectivity index (χ2v) is 8.75. The summed E-state index contributed by atoms with van der Waals surface area (Å²) in [7, 11) is -1.23. The minimum atomic E-state index is -4.01. The van der Waals surface area contributed by atoms with E-state index in [1.54, 1.807) is 30.3 Å². The average Bonchev–Trinajstić information content (AvgIpc) is 2.76. The predicted octanol–water partition coefficient (Wildman–Crippen LogP) is 5.06. The Labute approximate surface area is 189 Å². The average molecular weight is 481 g/mol. The lowest BCUT2D eigenvalue weighted by Gasteiger charge is -2.17. The van der Waals surface area contributed by atoms with Crippen molar-refractivity contribution in [3.63, 3.8) is 0 Å². The van der Waals surface area contributed by atoms with E-state index in [9.17, 15) is 13.2 Å². The molecule has 3 aromatic rings. The van der Waals surface area contributed by atoms with Crippen molar-refractivity contribution in [1.82, 2.24) is 0 Å². The number of halogens is 2. The van der Waals surface area contributed by atoms with E-state index in [0.29, 0.717) is 11.3 Å². The van der Waals surface area contributed by atoms with Crippen molar-refractivity contribution in [2.24, 2.45) is 0 Å². The molecule has 0 aliphatic carbocycles. The molecule has 0 radical (unpaired) electrons. The number of rotatable bonds is 7. The molecule has 0 saturated carbocycles. The fraction of sp³-hybridized carbons (Fsp3) is 0.0952. The number of hydrogen-bond acceptors (Lipinski definition) is 5. The molecule has 0 saturated heterocycles. The Hall–Kier alpha value is -2.94. The molecule has 0 aliphatic heterocycles. The summed E-state index contributed by atoms with van der Waals surface area (Å²) in [4.78, 5) is 12.4. The maximum absolute atomic E-state index is 12.8. The number of sulfonamides is 1. The molecule has 0 heterocycles. The summed E-state index contributed by atoms with van der Waals surface area (Å²) in [6, 6.07) is 15.5. The number of carbonyl (C=O) groups is 1. The van der Waals surface area contributed by atoms with Crippen molar-refractivity contribution >= 4 is 50.5 Å². The summed E-state index contributed by atoms with van der Waals surface area (Å²) in [6.07, 6.45) is 0. The van der Waals surface area contributed by atoms with Crippen LogP contribution in [0.2, 0.25) is 10.0 Å². The first kappa shape index (κ1) is 22.7. The van der Waals surface area contributed by atoms with Gasteiger partial charge in [0.25, 0.3) is 15.9 Å². The highest BCUT2D eigenvalue weighted by Gasteiger charge is 2.21. The monoisotopic (exact) mass is 480 g/mol. The molecule has 0 aromatic heterocycles. The summed E-state index contributed by atoms with van der Waals surface area (Å²) in [6.45, 7) is 0. The van der Waals surface area contributed by atoms with Gasteiger partial charge < -0.3 is 14.8 Å². The summed E-state index contributed by atoms with van der Waals surface area (Å²) in [5.74, 6) is 0.0507. The van der Waals surface area contributed by atoms with Crippen LogP contribution >= 0.6 is 23.2 Å². The molecule has 7 nitrogen and oxygen atoms in total. The fourth-order valence-electron chi connectivity index (χ4n) is 2.71. The lowest BCUT2D eigenvalue weighted by Crippen LogP contribution is -2.15. The fourth-order valence-corrected chi connectivity index (χ4v) is 4.16. The zero-order chi connectivity index (χ0) is 22.6. The van der Waals surface area contributed by atoms with Crippen molar-refractivity contribution in [3.8, 4) is 11.5 Å². The van der Waals surface area contributed by atoms with Crippen LogP contribution in [0.25, 0.3) is 0 Å². The van der Waals surface area contributed by atoms with Gasteiger partial charge in [-0.05, 0) is 30.3 Å². The van der Waals surface area contributed by atoms with Gasteiger partial charge in [-0.2, -0.15) is 0 Å². The number of methoxy groups -OCH3 is 2. The van der Waals surface area contributed by atoms with Crippen LogP contribution < -0.4 is 19.5 Å². The molecule has 0 fully saturated rings. The van der Waals surface area contributed by atoms with Crippen LogP contribution in [-0.4, -0.2) is 28.5 Å². The van der Waals surface area contributed by atoms with E-state index in [-0.39, 0.29) is 38.0 Å². The molecule has 3 rings (SSSR count). The molecule has 2 N–H and O–H groups in total. The maximum atomic E-state index is 12.8. The molecule has 0 atom stereocenters. The summed E-state index contributed by atoms with van der Waals surface area (Å²) < 4.78 is 38.7. The van der Waals surface area contributed by atoms with Crippen molar-refractivity contribution in [2.45, 2.75) is 4.90 Å². The molecule has 1 amide bonds. The van der Waals surface area contributed by atoms with E-state index in [0.717, 1.165) is 0 Å². The first-order chi connectivity index (χ1) is 14.7. The Morgan fingerprint density at radius 2 is 1.45 bits per heavy atom. The van der Waals surface area contributed by atoms with Crippen LogP contribution in [0, 0.1) is 0 Å². The number of anilines is 2. The molecular weight excluding hydrogens is 463 g/mol. The van der Waals surface area contributed by atoms with Crippen molar-refractivity contribution < 1.29 is 22.7 Å². The Kier molecular flexibility index (Phi) is 6.94. The minimum Gasteiger partial charge on any atom is -0.494 e. The lowest BCUT2D eigenvalue weighted by atomic mass is 10.2. The van der Waals surface area contributed by atoms with Gasteiger partial charge in [0.2, 0.25) is 0 Å². The highest BCUT2D eigenvalue weighted by molar-refractivity contribution is 7.92. The number of ether oxygens (including phenoxy) is 2. The van der Waals surface area contributed by atoms with Crippen molar-refractivity contribution in [2.75, 3.05) is 24.3 Å². The van der Waals surface area contributed by atoms with Crippen molar-refractivity contribution in [3.05, 3.63) is 76.3 Å². The summed E-state index contributed by atoms with van der Waals surface area (Å²) >= 11 is 11.8. The van der Waals surface area contributed by atoms with Gasteiger partial charge in [0.15, 0.2) is 0 Å². The Balaban J connectivity index is 1.94. The van der Waals surface area contributed by atoms with Gasteiger partial charge in [0, 0.05) is 17.7 Å². The van der Waals surface area contributed by atoms with E-state index in [2.05, 4.69) is 10.0 Å². The first-order valence-corrected chi connectivity index (χ1v) is 11.1. The van der Waals surface area contributed by atoms with Crippen LogP contribution in [0.5, 0.6) is 11.5 Å². The van der Waals surface area contributed by atoms with Crippen LogP contribution in [0.1, 0.15) is 10.4 Å². The van der Waals surface area contributed by atoms with Gasteiger partial charge in [-0.15, -0.1) is 0 Å². The zero-order valence-corrected chi connectivity index (χ0v) is 18.8. The number of carbonyl (C=O) groups excluding carboxylic acids is 1. The first-order valence-electron chi connectivity index (χ1n) is 8.85. The van der Waals surface area contributed by atoms with E-state index in [4.69, 9.17) is 32.7 Å². The van der Waals surface area contributed by atoms with Crippen molar-refractivity contribution in [1.29, 1.82) is 0 Å². The van der Waals surface area contributed by atoms with Crippen LogP contribution in [0.15, 0.2) is 65.6 Å². The third kappa shape index (κ3) is 5.22. The molecule has 0 spiro atoms. The van der Waals surface area contributed by atoms with E-state index in [1.807, 2.05) is 0 Å². The largest absolute Gasteiger partial charge is 0.494 e. The highest BCUT2D eigenvalue weighted by atomic mass is 35.5. The molecule has 0 aliphatic rings. The van der Waals surface area contributed by atoms with E-state index >= 15 is 0 Å². The zero-order valence-electron chi connectivity index (χ0n) is 16.5. The van der Waals surface area contributed by atoms with Gasteiger partial charge in [-0.3, -0.25) is 9.52 Å². The molecule has 31 heavy (non-hydrogen) atoms. The number of amides is 1. The molecule has 3 aromatic carbocycles. The molecular formula is C21H18Cl2N2O5S. The number of hydrogen-bond donors (Lipinski definition) is 2. The Morgan fingerprint density at radius 3 is 2.06 bits per heavy atom. The molecule has 0 unspecified atom stereocenters. The topological polar surface area (TPSA) is 93.7 Å². The second kappa shape index (κ2) is 9.47. The van der Waals surface area contributed by atoms with Gasteiger partial charge >= 0.3 is 0 Å². The maximum Gasteiger partial charge on any atom is 0.262 e. The predicted molar refractivity (Wildman–Crippen MR) is 121 cm³/mol. The number of benzene rings is 3. The highest BCUT2D eigenvalue weighted by Crippen LogP contribution is 2.38. The summed E-state index contributed by atoms with van der Waals surface area (Å²) in [5.41, 5.74) is 0.877. The SMILES string of the molecule is COc1cc(NS(=O)(=O)c2ccc(Cl)c(Cl)c2)c(OC)cc1NC(=O)c1ccccc1. The van der Waals surface area contributed by atoms with Gasteiger partial charge in [0.1, 0.15) is 11.5 Å².